The highest BCUT2D eigenvalue weighted by molar-refractivity contribution is 7.17. The summed E-state index contributed by atoms with van der Waals surface area (Å²) in [6.07, 6.45) is -0.649. The molecule has 0 fully saturated rings. The summed E-state index contributed by atoms with van der Waals surface area (Å²) < 4.78 is 23.7. The number of nitrogens with zero attached hydrogens (tertiary/aromatic N) is 2. The molecule has 0 aliphatic heterocycles. The molecule has 2 N–H and O–H groups in total. The first-order valence-corrected chi connectivity index (χ1v) is 11.4. The molecule has 3 amide bonds. The highest BCUT2D eigenvalue weighted by Gasteiger charge is 2.22. The summed E-state index contributed by atoms with van der Waals surface area (Å²) in [5.74, 6) is -0.621. The number of thiazole rings is 1. The zero-order chi connectivity index (χ0) is 24.5. The molecule has 1 aromatic heterocycles. The minimum atomic E-state index is -0.649. The van der Waals surface area contributed by atoms with Crippen LogP contribution in [0.2, 0.25) is 0 Å². The van der Waals surface area contributed by atoms with Crippen molar-refractivity contribution in [2.24, 2.45) is 0 Å². The topological polar surface area (TPSA) is 92.8 Å². The molecule has 0 saturated heterocycles. The van der Waals surface area contributed by atoms with E-state index in [1.807, 2.05) is 30.3 Å². The number of benzene rings is 2. The van der Waals surface area contributed by atoms with Gasteiger partial charge in [-0.3, -0.25) is 10.1 Å². The molecule has 0 aliphatic carbocycles. The number of aryl methyl sites for hydroxylation is 1. The van der Waals surface area contributed by atoms with E-state index >= 15 is 0 Å². The second kappa shape index (κ2) is 12.2. The molecule has 3 aromatic rings. The molecule has 0 spiro atoms. The van der Waals surface area contributed by atoms with E-state index in [4.69, 9.17) is 9.47 Å². The van der Waals surface area contributed by atoms with Crippen LogP contribution in [0.15, 0.2) is 54.6 Å². The molecular weight excluding hydrogens is 459 g/mol. The van der Waals surface area contributed by atoms with Gasteiger partial charge in [0.05, 0.1) is 12.2 Å². The number of carbonyl (C=O) groups is 2. The maximum absolute atomic E-state index is 13.3. The number of rotatable bonds is 10. The van der Waals surface area contributed by atoms with Crippen molar-refractivity contribution in [2.75, 3.05) is 26.1 Å². The van der Waals surface area contributed by atoms with Gasteiger partial charge in [-0.1, -0.05) is 53.8 Å². The maximum Gasteiger partial charge on any atom is 0.324 e. The van der Waals surface area contributed by atoms with Crippen molar-refractivity contribution < 1.29 is 23.5 Å². The summed E-state index contributed by atoms with van der Waals surface area (Å²) in [6, 6.07) is 15.0. The van der Waals surface area contributed by atoms with Crippen molar-refractivity contribution in [1.82, 2.24) is 15.2 Å². The number of methoxy groups -OCH3 is 2. The van der Waals surface area contributed by atoms with Crippen molar-refractivity contribution in [3.05, 3.63) is 82.1 Å². The van der Waals surface area contributed by atoms with E-state index in [1.165, 1.54) is 31.3 Å². The van der Waals surface area contributed by atoms with Gasteiger partial charge in [-0.05, 0) is 30.2 Å². The van der Waals surface area contributed by atoms with Crippen molar-refractivity contribution in [3.63, 3.8) is 0 Å². The quantitative estimate of drug-likeness (QED) is 0.420. The molecule has 0 bridgehead atoms. The molecule has 0 aliphatic rings. The van der Waals surface area contributed by atoms with Crippen LogP contribution < -0.4 is 10.6 Å². The second-order valence-corrected chi connectivity index (χ2v) is 8.44. The Hall–Kier alpha value is -3.34. The van der Waals surface area contributed by atoms with Gasteiger partial charge in [0, 0.05) is 27.3 Å². The summed E-state index contributed by atoms with van der Waals surface area (Å²) in [6.45, 7) is 2.43. The highest BCUT2D eigenvalue weighted by atomic mass is 32.1. The van der Waals surface area contributed by atoms with Gasteiger partial charge in [-0.25, -0.2) is 14.2 Å². The maximum atomic E-state index is 13.3. The monoisotopic (exact) mass is 486 g/mol. The molecule has 34 heavy (non-hydrogen) atoms. The predicted octanol–water partition coefficient (Wildman–Crippen LogP) is 4.17. The van der Waals surface area contributed by atoms with Gasteiger partial charge < -0.3 is 19.7 Å². The smallest absolute Gasteiger partial charge is 0.324 e. The number of nitrogens with one attached hydrogen (secondary N) is 2. The minimum absolute atomic E-state index is 0.130. The number of aromatic nitrogens is 1. The average Bonchev–Trinajstić information content (AvgIpc) is 3.21. The Morgan fingerprint density at radius 2 is 1.74 bits per heavy atom. The number of amides is 3. The van der Waals surface area contributed by atoms with Crippen molar-refractivity contribution in [2.45, 2.75) is 26.3 Å². The predicted molar refractivity (Wildman–Crippen MR) is 128 cm³/mol. The lowest BCUT2D eigenvalue weighted by Gasteiger charge is -2.26. The molecule has 0 radical (unpaired) electrons. The van der Waals surface area contributed by atoms with Crippen LogP contribution in [0.4, 0.5) is 14.3 Å². The van der Waals surface area contributed by atoms with Gasteiger partial charge in [0.25, 0.3) is 5.91 Å². The van der Waals surface area contributed by atoms with Crippen molar-refractivity contribution in [1.29, 1.82) is 0 Å². The van der Waals surface area contributed by atoms with Crippen LogP contribution in [0.1, 0.15) is 26.5 Å². The van der Waals surface area contributed by atoms with Crippen LogP contribution in [0, 0.1) is 12.7 Å². The first-order chi connectivity index (χ1) is 16.4. The fourth-order valence-electron chi connectivity index (χ4n) is 3.14. The van der Waals surface area contributed by atoms with Crippen LogP contribution >= 0.6 is 11.3 Å². The molecule has 0 atom stereocenters. The normalized spacial score (nSPS) is 10.9. The SMILES string of the molecule is COC(CN(Cc1ccc(F)cc1)C(=O)Nc1nc(C)c(C(=O)NCc2ccccc2)s1)OC. The highest BCUT2D eigenvalue weighted by Crippen LogP contribution is 2.23. The lowest BCUT2D eigenvalue weighted by Crippen LogP contribution is -2.41. The third kappa shape index (κ3) is 7.08. The molecule has 10 heteroatoms. The van der Waals surface area contributed by atoms with Crippen LogP contribution in [-0.2, 0) is 22.6 Å². The first-order valence-electron chi connectivity index (χ1n) is 10.5. The standard InChI is InChI=1S/C24H27FN4O4S/c1-16-21(22(30)26-13-17-7-5-4-6-8-17)34-23(27-16)28-24(31)29(15-20(32-2)33-3)14-18-9-11-19(25)12-10-18/h4-12,20H,13-15H2,1-3H3,(H,26,30)(H,27,28,31). The summed E-state index contributed by atoms with van der Waals surface area (Å²) >= 11 is 1.09. The van der Waals surface area contributed by atoms with E-state index in [2.05, 4.69) is 15.6 Å². The fraction of sp³-hybridized carbons (Fsp3) is 0.292. The fourth-order valence-corrected chi connectivity index (χ4v) is 4.02. The van der Waals surface area contributed by atoms with Crippen LogP contribution in [0.25, 0.3) is 0 Å². The van der Waals surface area contributed by atoms with Crippen molar-refractivity contribution >= 4 is 28.4 Å². The number of ether oxygens (including phenoxy) is 2. The summed E-state index contributed by atoms with van der Waals surface area (Å²) in [4.78, 5) is 31.9. The number of carbonyl (C=O) groups excluding carboxylic acids is 2. The van der Waals surface area contributed by atoms with Crippen LogP contribution in [0.5, 0.6) is 0 Å². The van der Waals surface area contributed by atoms with E-state index in [9.17, 15) is 14.0 Å². The third-order valence-corrected chi connectivity index (χ3v) is 6.05. The van der Waals surface area contributed by atoms with E-state index in [0.29, 0.717) is 22.2 Å². The lowest BCUT2D eigenvalue weighted by atomic mass is 10.2. The van der Waals surface area contributed by atoms with Crippen molar-refractivity contribution in [3.8, 4) is 0 Å². The largest absolute Gasteiger partial charge is 0.354 e. The minimum Gasteiger partial charge on any atom is -0.354 e. The number of urea groups is 1. The second-order valence-electron chi connectivity index (χ2n) is 7.44. The van der Waals surface area contributed by atoms with Crippen LogP contribution in [0.3, 0.4) is 0 Å². The first kappa shape index (κ1) is 25.3. The van der Waals surface area contributed by atoms with Gasteiger partial charge in [0.15, 0.2) is 11.4 Å². The molecule has 2 aromatic carbocycles. The molecule has 0 unspecified atom stereocenters. The molecule has 8 nitrogen and oxygen atoms in total. The van der Waals surface area contributed by atoms with Gasteiger partial charge in [-0.2, -0.15) is 0 Å². The molecular formula is C24H27FN4O4S. The molecule has 180 valence electrons. The lowest BCUT2D eigenvalue weighted by molar-refractivity contribution is -0.111. The zero-order valence-electron chi connectivity index (χ0n) is 19.2. The summed E-state index contributed by atoms with van der Waals surface area (Å²) in [7, 11) is 2.96. The summed E-state index contributed by atoms with van der Waals surface area (Å²) in [5.41, 5.74) is 2.23. The molecule has 0 saturated carbocycles. The Morgan fingerprint density at radius 3 is 2.38 bits per heavy atom. The number of hydrogen-bond donors (Lipinski definition) is 2. The number of halogens is 1. The van der Waals surface area contributed by atoms with Gasteiger partial charge in [-0.15, -0.1) is 0 Å². The van der Waals surface area contributed by atoms with Gasteiger partial charge in [0.1, 0.15) is 10.7 Å². The Kier molecular flexibility index (Phi) is 9.08. The van der Waals surface area contributed by atoms with E-state index in [-0.39, 0.29) is 24.8 Å². The van der Waals surface area contributed by atoms with E-state index < -0.39 is 12.3 Å². The molecule has 3 rings (SSSR count). The molecule has 1 heterocycles. The van der Waals surface area contributed by atoms with Crippen LogP contribution in [-0.4, -0.2) is 48.9 Å². The van der Waals surface area contributed by atoms with Gasteiger partial charge >= 0.3 is 6.03 Å². The van der Waals surface area contributed by atoms with Gasteiger partial charge in [0.2, 0.25) is 0 Å². The number of anilines is 1. The van der Waals surface area contributed by atoms with E-state index in [0.717, 1.165) is 22.5 Å². The average molecular weight is 487 g/mol. The third-order valence-electron chi connectivity index (χ3n) is 4.98. The Bertz CT molecular complexity index is 1090. The Labute approximate surface area is 201 Å². The number of hydrogen-bond acceptors (Lipinski definition) is 6. The summed E-state index contributed by atoms with van der Waals surface area (Å²) in [5, 5.41) is 5.91. The Balaban J connectivity index is 1.68. The zero-order valence-corrected chi connectivity index (χ0v) is 20.0. The Morgan fingerprint density at radius 1 is 1.06 bits per heavy atom. The van der Waals surface area contributed by atoms with E-state index in [1.54, 1.807) is 19.1 Å².